The third-order valence-corrected chi connectivity index (χ3v) is 4.04. The minimum absolute atomic E-state index is 0.0868. The molecule has 0 saturated carbocycles. The fourth-order valence-electron chi connectivity index (χ4n) is 1.57. The molecule has 0 aliphatic heterocycles. The smallest absolute Gasteiger partial charge is 0.249 e. The maximum atomic E-state index is 13.6. The van der Waals surface area contributed by atoms with Gasteiger partial charge in [-0.15, -0.1) is 0 Å². The first-order valence-electron chi connectivity index (χ1n) is 5.40. The topological polar surface area (TPSA) is 69.1 Å². The van der Waals surface area contributed by atoms with Crippen LogP contribution < -0.4 is 11.5 Å². The molecule has 104 valence electrons. The van der Waals surface area contributed by atoms with Crippen LogP contribution >= 0.6 is 23.4 Å². The van der Waals surface area contributed by atoms with Crippen LogP contribution in [0.2, 0.25) is 5.02 Å². The van der Waals surface area contributed by atoms with Gasteiger partial charge in [0.05, 0.1) is 10.6 Å². The molecule has 0 aliphatic carbocycles. The average Bonchev–Trinajstić information content (AvgIpc) is 2.34. The van der Waals surface area contributed by atoms with Crippen molar-refractivity contribution >= 4 is 35.0 Å². The van der Waals surface area contributed by atoms with Crippen molar-refractivity contribution in [1.29, 1.82) is 0 Å². The van der Waals surface area contributed by atoms with E-state index in [9.17, 15) is 13.6 Å². The minimum atomic E-state index is -0.752. The van der Waals surface area contributed by atoms with E-state index >= 15 is 0 Å². The fourth-order valence-corrected chi connectivity index (χ4v) is 2.85. The summed E-state index contributed by atoms with van der Waals surface area (Å²) in [6, 6.07) is 5.90. The number of halogens is 3. The number of carbonyl (C=O) groups excluding carboxylic acids is 1. The lowest BCUT2D eigenvalue weighted by atomic mass is 10.2. The molecule has 0 bridgehead atoms. The zero-order valence-electron chi connectivity index (χ0n) is 9.99. The van der Waals surface area contributed by atoms with Crippen LogP contribution in [-0.4, -0.2) is 5.91 Å². The summed E-state index contributed by atoms with van der Waals surface area (Å²) in [6.07, 6.45) is 0. The number of carbonyl (C=O) groups is 1. The minimum Gasteiger partial charge on any atom is -0.399 e. The molecule has 0 aliphatic rings. The van der Waals surface area contributed by atoms with Gasteiger partial charge < -0.3 is 11.5 Å². The summed E-state index contributed by atoms with van der Waals surface area (Å²) in [7, 11) is 0. The van der Waals surface area contributed by atoms with E-state index in [2.05, 4.69) is 0 Å². The molecule has 7 heteroatoms. The van der Waals surface area contributed by atoms with Gasteiger partial charge in [0, 0.05) is 21.5 Å². The van der Waals surface area contributed by atoms with Crippen LogP contribution in [0, 0.1) is 11.6 Å². The molecule has 20 heavy (non-hydrogen) atoms. The highest BCUT2D eigenvalue weighted by molar-refractivity contribution is 7.99. The van der Waals surface area contributed by atoms with Crippen molar-refractivity contribution in [2.24, 2.45) is 5.73 Å². The van der Waals surface area contributed by atoms with E-state index in [0.29, 0.717) is 0 Å². The lowest BCUT2D eigenvalue weighted by Gasteiger charge is -2.10. The van der Waals surface area contributed by atoms with E-state index < -0.39 is 17.5 Å². The maximum absolute atomic E-state index is 13.6. The average molecular weight is 315 g/mol. The molecule has 2 aromatic rings. The second kappa shape index (κ2) is 5.68. The summed E-state index contributed by atoms with van der Waals surface area (Å²) in [4.78, 5) is 11.8. The fraction of sp³-hybridized carbons (Fsp3) is 0. The van der Waals surface area contributed by atoms with Gasteiger partial charge in [0.15, 0.2) is 0 Å². The number of hydrogen-bond donors (Lipinski definition) is 2. The number of hydrogen-bond acceptors (Lipinski definition) is 3. The highest BCUT2D eigenvalue weighted by Crippen LogP contribution is 2.38. The number of rotatable bonds is 3. The Morgan fingerprint density at radius 1 is 1.20 bits per heavy atom. The molecule has 1 amide bonds. The predicted molar refractivity (Wildman–Crippen MR) is 74.9 cm³/mol. The van der Waals surface area contributed by atoms with Crippen molar-refractivity contribution in [1.82, 2.24) is 0 Å². The van der Waals surface area contributed by atoms with Crippen LogP contribution in [0.3, 0.4) is 0 Å². The summed E-state index contributed by atoms with van der Waals surface area (Å²) >= 11 is 6.89. The van der Waals surface area contributed by atoms with E-state index in [-0.39, 0.29) is 26.1 Å². The Labute approximate surface area is 122 Å². The third-order valence-electron chi connectivity index (χ3n) is 2.44. The first kappa shape index (κ1) is 14.6. The monoisotopic (exact) mass is 314 g/mol. The molecular formula is C13H9ClF2N2OS. The summed E-state index contributed by atoms with van der Waals surface area (Å²) in [5.41, 5.74) is 11.2. The molecule has 4 N–H and O–H groups in total. The molecule has 0 saturated heterocycles. The second-order valence-electron chi connectivity index (χ2n) is 3.92. The SMILES string of the molecule is NC(=O)c1cc(N)cc(Cl)c1Sc1ccc(F)cc1F. The van der Waals surface area contributed by atoms with Gasteiger partial charge in [-0.2, -0.15) is 0 Å². The second-order valence-corrected chi connectivity index (χ2v) is 5.38. The Balaban J connectivity index is 2.50. The summed E-state index contributed by atoms with van der Waals surface area (Å²) in [5, 5.41) is 0.174. The van der Waals surface area contributed by atoms with Gasteiger partial charge in [-0.05, 0) is 24.3 Å². The molecule has 0 spiro atoms. The Bertz CT molecular complexity index is 694. The summed E-state index contributed by atoms with van der Waals surface area (Å²) in [5.74, 6) is -2.17. The lowest BCUT2D eigenvalue weighted by Crippen LogP contribution is -2.13. The van der Waals surface area contributed by atoms with Gasteiger partial charge in [0.2, 0.25) is 5.91 Å². The van der Waals surface area contributed by atoms with E-state index in [1.54, 1.807) is 0 Å². The first-order valence-corrected chi connectivity index (χ1v) is 6.59. The van der Waals surface area contributed by atoms with Crippen molar-refractivity contribution < 1.29 is 13.6 Å². The van der Waals surface area contributed by atoms with E-state index in [1.165, 1.54) is 18.2 Å². The van der Waals surface area contributed by atoms with Crippen molar-refractivity contribution in [2.75, 3.05) is 5.73 Å². The molecule has 2 rings (SSSR count). The number of amides is 1. The molecular weight excluding hydrogens is 306 g/mol. The molecule has 0 atom stereocenters. The van der Waals surface area contributed by atoms with Crippen LogP contribution in [0.15, 0.2) is 40.1 Å². The van der Waals surface area contributed by atoms with Gasteiger partial charge in [0.1, 0.15) is 11.6 Å². The van der Waals surface area contributed by atoms with Crippen LogP contribution in [0.1, 0.15) is 10.4 Å². The van der Waals surface area contributed by atoms with E-state index in [1.807, 2.05) is 0 Å². The van der Waals surface area contributed by atoms with Crippen LogP contribution in [-0.2, 0) is 0 Å². The molecule has 2 aromatic carbocycles. The Morgan fingerprint density at radius 3 is 2.50 bits per heavy atom. The summed E-state index contributed by atoms with van der Waals surface area (Å²) < 4.78 is 26.5. The van der Waals surface area contributed by atoms with Crippen molar-refractivity contribution in [3.05, 3.63) is 52.6 Å². The molecule has 0 fully saturated rings. The number of nitrogen functional groups attached to an aromatic ring is 1. The molecule has 0 aromatic heterocycles. The lowest BCUT2D eigenvalue weighted by molar-refractivity contribution is 0.0997. The van der Waals surface area contributed by atoms with Gasteiger partial charge in [-0.25, -0.2) is 8.78 Å². The highest BCUT2D eigenvalue weighted by atomic mass is 35.5. The van der Waals surface area contributed by atoms with Gasteiger partial charge in [0.25, 0.3) is 0 Å². The normalized spacial score (nSPS) is 10.6. The first-order chi connectivity index (χ1) is 9.38. The largest absolute Gasteiger partial charge is 0.399 e. The molecule has 3 nitrogen and oxygen atoms in total. The van der Waals surface area contributed by atoms with Crippen molar-refractivity contribution in [3.63, 3.8) is 0 Å². The highest BCUT2D eigenvalue weighted by Gasteiger charge is 2.16. The molecule has 0 radical (unpaired) electrons. The van der Waals surface area contributed by atoms with Crippen LogP contribution in [0.4, 0.5) is 14.5 Å². The summed E-state index contributed by atoms with van der Waals surface area (Å²) in [6.45, 7) is 0. The van der Waals surface area contributed by atoms with E-state index in [4.69, 9.17) is 23.1 Å². The van der Waals surface area contributed by atoms with Crippen molar-refractivity contribution in [2.45, 2.75) is 9.79 Å². The number of benzene rings is 2. The van der Waals surface area contributed by atoms with Gasteiger partial charge in [-0.3, -0.25) is 4.79 Å². The Hall–Kier alpha value is -1.79. The van der Waals surface area contributed by atoms with Crippen LogP contribution in [0.25, 0.3) is 0 Å². The third kappa shape index (κ3) is 3.02. The van der Waals surface area contributed by atoms with Gasteiger partial charge >= 0.3 is 0 Å². The quantitative estimate of drug-likeness (QED) is 0.853. The van der Waals surface area contributed by atoms with Crippen molar-refractivity contribution in [3.8, 4) is 0 Å². The standard InChI is InChI=1S/C13H9ClF2N2OS/c14-9-5-7(17)4-8(13(18)19)12(9)20-11-2-1-6(15)3-10(11)16/h1-5H,17H2,(H2,18,19). The predicted octanol–water partition coefficient (Wildman–Crippen LogP) is 3.45. The number of anilines is 1. The number of primary amides is 1. The zero-order chi connectivity index (χ0) is 14.9. The molecule has 0 unspecified atom stereocenters. The zero-order valence-corrected chi connectivity index (χ0v) is 11.6. The maximum Gasteiger partial charge on any atom is 0.249 e. The van der Waals surface area contributed by atoms with Gasteiger partial charge in [-0.1, -0.05) is 23.4 Å². The molecule has 0 heterocycles. The Kier molecular flexibility index (Phi) is 4.15. The Morgan fingerprint density at radius 2 is 1.90 bits per heavy atom. The van der Waals surface area contributed by atoms with Crippen LogP contribution in [0.5, 0.6) is 0 Å². The number of nitrogens with two attached hydrogens (primary N) is 2. The van der Waals surface area contributed by atoms with E-state index in [0.717, 1.165) is 23.9 Å².